The van der Waals surface area contributed by atoms with Crippen molar-refractivity contribution < 1.29 is 35.4 Å². The molecule has 5 heterocycles. The van der Waals surface area contributed by atoms with Crippen molar-refractivity contribution in [2.24, 2.45) is 0 Å². The Morgan fingerprint density at radius 3 is 0.353 bits per heavy atom. The van der Waals surface area contributed by atoms with Gasteiger partial charge in [0.2, 0.25) is 0 Å². The average Bonchev–Trinajstić information content (AvgIpc) is 1.28. The van der Waals surface area contributed by atoms with Gasteiger partial charge in [0.25, 0.3) is 66.5 Å². The molecule has 20 heteroatoms. The highest BCUT2D eigenvalue weighted by atomic mass is 28.4. The Kier molecular flexibility index (Phi) is 36.8. The van der Waals surface area contributed by atoms with E-state index in [0.717, 1.165) is 135 Å². The molecule has 9 rings (SSSR count). The maximum absolute atomic E-state index is 8.45. The van der Waals surface area contributed by atoms with Crippen molar-refractivity contribution in [3.05, 3.63) is 120 Å². The van der Waals surface area contributed by atoms with Crippen LogP contribution in [0.5, 0.6) is 46.0 Å². The summed E-state index contributed by atoms with van der Waals surface area (Å²) in [5.41, 5.74) is 18.8. The predicted molar refractivity (Wildman–Crippen MR) is 614 cm³/mol. The largest absolute Gasteiger partial charge is 0.542 e. The standard InChI is InChI=1S/C116H190N4O8Si8/c1-69(2)129(70(3)4,71(5)6)121-101-53-49-54-102(122-130(72(7)8,73(9)10)74(11)12)113(101)109-93-61-63-95(117-93)110(114-103(123-131(75(13)14,76(15)16)77(17)18)55-50-56-104(114)124-132(78(19)20,79(21)22)80(23)24)97-65-67-99(119-97)112(116-107(127-135(87(37)38,88(39)40)89(41)42)59-52-60-108(116)128-136(90(43)44,91(45)46)92(47)48)100-68-66-98(120-100)111(96-64-62-94(109)118-96)115-105(125-133(81(25)26,82(27)28)83(29)30)57-51-58-106(115)126-134(84(31)32,85(33)34)86(35)36/h49-92,117,120H,1-48H3. The second-order valence-corrected chi connectivity index (χ2v) is 91.4. The predicted octanol–water partition coefficient (Wildman–Crippen LogP) is 39.8. The van der Waals surface area contributed by atoms with E-state index in [1.165, 1.54) is 0 Å². The molecule has 2 aliphatic heterocycles. The van der Waals surface area contributed by atoms with Gasteiger partial charge >= 0.3 is 0 Å². The Morgan fingerprint density at radius 1 is 0.154 bits per heavy atom. The summed E-state index contributed by atoms with van der Waals surface area (Å²) in [6.45, 7) is 115. The Balaban J connectivity index is 1.82. The SMILES string of the molecule is CC(C)[Si](Oc1cccc(O[Si](C(C)C)(C(C)C)C(C)C)c1-c1c2nc(c(-c3c(O[Si](C(C)C)(C(C)C)C(C)C)cccc3O[Si](C(C)C)(C(C)C)C(C)C)c3ccc([nH]3)c(-c3c(O[Si](C(C)C)(C(C)C)C(C)C)cccc3O[Si](C(C)C)(C(C)C)C(C)C)c3nc(c(-c4c(O[Si](C(C)C)(C(C)C)C(C)C)cccc4O[Si](C(C)C)(C(C)C)C(C)C)c4ccc1[nH]4)C=C3)C=C2)(C(C)C)C(C)C. The van der Waals surface area contributed by atoms with Crippen LogP contribution in [0.2, 0.25) is 133 Å². The van der Waals surface area contributed by atoms with E-state index < -0.39 is 66.5 Å². The maximum atomic E-state index is 8.45. The van der Waals surface area contributed by atoms with Crippen molar-refractivity contribution in [1.29, 1.82) is 0 Å². The molecule has 2 N–H and O–H groups in total. The van der Waals surface area contributed by atoms with Crippen LogP contribution >= 0.6 is 0 Å². The van der Waals surface area contributed by atoms with Crippen LogP contribution in [0.1, 0.15) is 355 Å². The zero-order valence-corrected chi connectivity index (χ0v) is 103. The minimum absolute atomic E-state index is 0.229. The summed E-state index contributed by atoms with van der Waals surface area (Å²) >= 11 is 0. The molecular formula is C116H190N4O8Si8. The Labute approximate surface area is 837 Å². The van der Waals surface area contributed by atoms with Gasteiger partial charge in [0, 0.05) is 44.3 Å². The van der Waals surface area contributed by atoms with Crippen LogP contribution in [0, 0.1) is 0 Å². The van der Waals surface area contributed by atoms with Gasteiger partial charge in [-0.05, 0) is 230 Å². The smallest absolute Gasteiger partial charge is 0.258 e. The number of benzene rings is 4. The van der Waals surface area contributed by atoms with Gasteiger partial charge in [0.05, 0.1) is 45.0 Å². The monoisotopic (exact) mass is 1990 g/mol. The summed E-state index contributed by atoms with van der Waals surface area (Å²) in [6.07, 6.45) is 9.18. The average molecular weight is 1990 g/mol. The van der Waals surface area contributed by atoms with Crippen molar-refractivity contribution >= 4 is 113 Å². The van der Waals surface area contributed by atoms with Gasteiger partial charge in [-0.15, -0.1) is 0 Å². The molecule has 12 nitrogen and oxygen atoms in total. The van der Waals surface area contributed by atoms with Gasteiger partial charge in [0.1, 0.15) is 46.0 Å². The van der Waals surface area contributed by atoms with E-state index in [9.17, 15) is 0 Å². The zero-order chi connectivity index (χ0) is 102. The van der Waals surface area contributed by atoms with E-state index in [1.807, 2.05) is 0 Å². The first-order chi connectivity index (χ1) is 63.2. The third-order valence-corrected chi connectivity index (χ3v) is 81.6. The Morgan fingerprint density at radius 2 is 0.257 bits per heavy atom. The number of aromatic nitrogens is 4. The van der Waals surface area contributed by atoms with E-state index in [0.29, 0.717) is 0 Å². The number of rotatable bonds is 44. The summed E-state index contributed by atoms with van der Waals surface area (Å²) in [4.78, 5) is 21.9. The maximum Gasteiger partial charge on any atom is 0.258 e. The lowest BCUT2D eigenvalue weighted by molar-refractivity contribution is 0.464. The molecule has 0 fully saturated rings. The topological polar surface area (TPSA) is 131 Å². The second kappa shape index (κ2) is 44.2. The minimum Gasteiger partial charge on any atom is -0.542 e. The fraction of sp³-hybridized carbons (Fsp3) is 0.621. The Hall–Kier alpha value is -6.38. The molecule has 0 saturated carbocycles. The molecule has 0 amide bonds. The molecule has 4 aromatic carbocycles. The van der Waals surface area contributed by atoms with Crippen LogP contribution in [0.25, 0.3) is 90.9 Å². The van der Waals surface area contributed by atoms with Crippen LogP contribution < -0.4 is 35.4 Å². The highest BCUT2D eigenvalue weighted by Crippen LogP contribution is 2.60. The fourth-order valence-electron chi connectivity index (χ4n) is 28.3. The van der Waals surface area contributed by atoms with Crippen molar-refractivity contribution in [2.45, 2.75) is 465 Å². The van der Waals surface area contributed by atoms with Crippen LogP contribution in [0.4, 0.5) is 0 Å². The molecule has 0 aliphatic carbocycles. The van der Waals surface area contributed by atoms with E-state index >= 15 is 0 Å². The summed E-state index contributed by atoms with van der Waals surface area (Å²) in [5, 5.41) is 0. The van der Waals surface area contributed by atoms with Gasteiger partial charge in [0.15, 0.2) is 0 Å². The number of H-pyrrole nitrogens is 2. The van der Waals surface area contributed by atoms with Gasteiger partial charge in [-0.3, -0.25) is 0 Å². The van der Waals surface area contributed by atoms with Crippen molar-refractivity contribution in [1.82, 2.24) is 19.9 Å². The molecule has 0 atom stereocenters. The molecule has 0 radical (unpaired) electrons. The lowest BCUT2D eigenvalue weighted by atomic mass is 10.0. The molecular weight excluding hydrogens is 1800 g/mol. The Bertz CT molecular complexity index is 4420. The van der Waals surface area contributed by atoms with Crippen LogP contribution in [0.3, 0.4) is 0 Å². The van der Waals surface area contributed by atoms with E-state index in [4.69, 9.17) is 45.4 Å². The molecule has 136 heavy (non-hydrogen) atoms. The second-order valence-electron chi connectivity index (χ2n) is 48.4. The number of nitrogens with zero attached hydrogens (tertiary/aromatic N) is 2. The molecule has 2 aliphatic rings. The quantitative estimate of drug-likeness (QED) is 0.0356. The molecule has 7 aromatic rings. The van der Waals surface area contributed by atoms with Crippen molar-refractivity contribution in [2.75, 3.05) is 0 Å². The molecule has 754 valence electrons. The first-order valence-corrected chi connectivity index (χ1v) is 70.5. The van der Waals surface area contributed by atoms with Crippen LogP contribution in [-0.2, 0) is 0 Å². The van der Waals surface area contributed by atoms with E-state index in [-0.39, 0.29) is 133 Å². The summed E-state index contributed by atoms with van der Waals surface area (Å²) < 4.78 is 67.6. The first-order valence-electron chi connectivity index (χ1n) is 53.4. The van der Waals surface area contributed by atoms with Crippen LogP contribution in [-0.4, -0.2) is 86.5 Å². The van der Waals surface area contributed by atoms with Gasteiger partial charge in [-0.25, -0.2) is 9.97 Å². The number of hydrogen-bond donors (Lipinski definition) is 2. The van der Waals surface area contributed by atoms with E-state index in [1.54, 1.807) is 0 Å². The lowest BCUT2D eigenvalue weighted by Crippen LogP contribution is -2.51. The molecule has 0 unspecified atom stereocenters. The zero-order valence-electron chi connectivity index (χ0n) is 94.6. The van der Waals surface area contributed by atoms with Gasteiger partial charge in [-0.1, -0.05) is 357 Å². The molecule has 0 saturated heterocycles. The minimum atomic E-state index is -2.84. The third-order valence-electron chi connectivity index (χ3n) is 33.7. The van der Waals surface area contributed by atoms with Crippen molar-refractivity contribution in [3.63, 3.8) is 0 Å². The van der Waals surface area contributed by atoms with Crippen molar-refractivity contribution in [3.8, 4) is 90.5 Å². The number of nitrogens with one attached hydrogen (secondary N) is 2. The van der Waals surface area contributed by atoms with Gasteiger partial charge < -0.3 is 45.4 Å². The molecule has 3 aromatic heterocycles. The number of hydrogen-bond acceptors (Lipinski definition) is 10. The van der Waals surface area contributed by atoms with E-state index in [2.05, 4.69) is 464 Å². The fourth-order valence-corrected chi connectivity index (χ4v) is 70.4. The number of fused-ring (bicyclic) bond motifs is 8. The highest BCUT2D eigenvalue weighted by molar-refractivity contribution is 6.82. The van der Waals surface area contributed by atoms with Crippen LogP contribution in [0.15, 0.2) is 97.1 Å². The normalized spacial score (nSPS) is 13.9. The lowest BCUT2D eigenvalue weighted by Gasteiger charge is -2.44. The molecule has 0 spiro atoms. The number of aromatic amines is 2. The first kappa shape index (κ1) is 113. The summed E-state index contributed by atoms with van der Waals surface area (Å²) in [6, 6.07) is 36.2. The van der Waals surface area contributed by atoms with Gasteiger partial charge in [-0.2, -0.15) is 0 Å². The summed E-state index contributed by atoms with van der Waals surface area (Å²) in [7, 11) is -22.7. The summed E-state index contributed by atoms with van der Waals surface area (Å²) in [5.74, 6) is 6.36. The molecule has 8 bridgehead atoms. The third kappa shape index (κ3) is 20.3. The highest BCUT2D eigenvalue weighted by Gasteiger charge is 2.57.